The van der Waals surface area contributed by atoms with Crippen LogP contribution in [0.2, 0.25) is 0 Å². The number of ether oxygens (including phenoxy) is 1. The Kier molecular flexibility index (Phi) is 4.11. The highest BCUT2D eigenvalue weighted by molar-refractivity contribution is 14.1. The van der Waals surface area contributed by atoms with Crippen LogP contribution in [-0.2, 0) is 11.3 Å². The van der Waals surface area contributed by atoms with Gasteiger partial charge in [0.25, 0.3) is 0 Å². The summed E-state index contributed by atoms with van der Waals surface area (Å²) in [5.74, 6) is 0.213. The lowest BCUT2D eigenvalue weighted by atomic mass is 10.1. The number of fused-ring (bicyclic) bond motifs is 1. The number of nitrogens with zero attached hydrogens (tertiary/aromatic N) is 2. The molecule has 1 aromatic carbocycles. The van der Waals surface area contributed by atoms with E-state index in [0.717, 1.165) is 36.9 Å². The minimum atomic E-state index is -0.229. The minimum Gasteiger partial charge on any atom is -0.378 e. The van der Waals surface area contributed by atoms with Crippen molar-refractivity contribution < 1.29 is 9.13 Å². The molecule has 2 heterocycles. The first-order valence-electron chi connectivity index (χ1n) is 6.87. The number of hydrogen-bond acceptors (Lipinski definition) is 3. The minimum absolute atomic E-state index is 0.229. The summed E-state index contributed by atoms with van der Waals surface area (Å²) in [6.07, 6.45) is 4.64. The van der Waals surface area contributed by atoms with Gasteiger partial charge in [-0.3, -0.25) is 0 Å². The first-order chi connectivity index (χ1) is 9.65. The third-order valence-corrected chi connectivity index (χ3v) is 4.60. The van der Waals surface area contributed by atoms with Gasteiger partial charge in [0.2, 0.25) is 5.95 Å². The second-order valence-corrected chi connectivity index (χ2v) is 6.32. The van der Waals surface area contributed by atoms with Crippen LogP contribution in [0.5, 0.6) is 0 Å². The number of rotatable bonds is 3. The fourth-order valence-corrected chi connectivity index (χ4v) is 3.13. The average molecular weight is 389 g/mol. The lowest BCUT2D eigenvalue weighted by Crippen LogP contribution is -2.21. The summed E-state index contributed by atoms with van der Waals surface area (Å²) in [5, 5.41) is 0. The van der Waals surface area contributed by atoms with Crippen LogP contribution in [-0.4, -0.2) is 22.3 Å². The van der Waals surface area contributed by atoms with Crippen molar-refractivity contribution in [3.8, 4) is 0 Å². The molecule has 1 atom stereocenters. The zero-order chi connectivity index (χ0) is 14.1. The molecular formula is C14H17FIN3O. The highest BCUT2D eigenvalue weighted by atomic mass is 127. The Hall–Kier alpha value is -0.890. The quantitative estimate of drug-likeness (QED) is 0.820. The van der Waals surface area contributed by atoms with Gasteiger partial charge in [-0.05, 0) is 54.3 Å². The van der Waals surface area contributed by atoms with Crippen LogP contribution in [0.15, 0.2) is 12.1 Å². The Morgan fingerprint density at radius 3 is 3.05 bits per heavy atom. The van der Waals surface area contributed by atoms with Crippen LogP contribution in [0, 0.1) is 9.39 Å². The van der Waals surface area contributed by atoms with Gasteiger partial charge in [-0.1, -0.05) is 0 Å². The van der Waals surface area contributed by atoms with Gasteiger partial charge < -0.3 is 15.0 Å². The number of imidazole rings is 1. The molecule has 20 heavy (non-hydrogen) atoms. The van der Waals surface area contributed by atoms with E-state index in [4.69, 9.17) is 10.5 Å². The highest BCUT2D eigenvalue weighted by Crippen LogP contribution is 2.24. The van der Waals surface area contributed by atoms with Crippen molar-refractivity contribution in [3.05, 3.63) is 21.5 Å². The van der Waals surface area contributed by atoms with Gasteiger partial charge >= 0.3 is 0 Å². The third kappa shape index (κ3) is 2.76. The van der Waals surface area contributed by atoms with Crippen LogP contribution in [0.3, 0.4) is 0 Å². The van der Waals surface area contributed by atoms with Crippen molar-refractivity contribution in [2.75, 3.05) is 12.3 Å². The van der Waals surface area contributed by atoms with Crippen molar-refractivity contribution in [2.45, 2.75) is 38.3 Å². The number of nitrogen functional groups attached to an aromatic ring is 1. The monoisotopic (exact) mass is 389 g/mol. The fourth-order valence-electron chi connectivity index (χ4n) is 2.68. The predicted molar refractivity (Wildman–Crippen MR) is 85.0 cm³/mol. The van der Waals surface area contributed by atoms with Crippen molar-refractivity contribution in [2.24, 2.45) is 0 Å². The first kappa shape index (κ1) is 14.1. The van der Waals surface area contributed by atoms with Gasteiger partial charge in [0, 0.05) is 19.2 Å². The molecule has 0 amide bonds. The Labute approximate surface area is 130 Å². The van der Waals surface area contributed by atoms with Crippen LogP contribution in [0.4, 0.5) is 10.3 Å². The molecule has 108 valence electrons. The van der Waals surface area contributed by atoms with Gasteiger partial charge in [0.1, 0.15) is 5.82 Å². The summed E-state index contributed by atoms with van der Waals surface area (Å²) in [6, 6.07) is 3.25. The number of hydrogen-bond donors (Lipinski definition) is 1. The molecule has 1 fully saturated rings. The molecule has 0 spiro atoms. The lowest BCUT2D eigenvalue weighted by Gasteiger charge is -2.22. The zero-order valence-electron chi connectivity index (χ0n) is 11.1. The maximum absolute atomic E-state index is 13.7. The smallest absolute Gasteiger partial charge is 0.201 e. The normalized spacial score (nSPS) is 19.6. The number of nitrogens with two attached hydrogens (primary N) is 1. The van der Waals surface area contributed by atoms with Crippen LogP contribution >= 0.6 is 22.6 Å². The zero-order valence-corrected chi connectivity index (χ0v) is 13.3. The molecule has 4 nitrogen and oxygen atoms in total. The predicted octanol–water partition coefficient (Wildman–Crippen LogP) is 3.32. The van der Waals surface area contributed by atoms with E-state index in [1.54, 1.807) is 6.07 Å². The van der Waals surface area contributed by atoms with Crippen LogP contribution in [0.25, 0.3) is 11.0 Å². The van der Waals surface area contributed by atoms with E-state index < -0.39 is 0 Å². The summed E-state index contributed by atoms with van der Waals surface area (Å²) in [5.41, 5.74) is 7.46. The van der Waals surface area contributed by atoms with E-state index in [9.17, 15) is 4.39 Å². The molecule has 1 aromatic heterocycles. The number of aromatic nitrogens is 2. The van der Waals surface area contributed by atoms with Gasteiger partial charge in [-0.25, -0.2) is 9.37 Å². The Balaban J connectivity index is 1.83. The second-order valence-electron chi connectivity index (χ2n) is 5.15. The van der Waals surface area contributed by atoms with E-state index in [1.165, 1.54) is 12.5 Å². The van der Waals surface area contributed by atoms with Crippen molar-refractivity contribution in [3.63, 3.8) is 0 Å². The summed E-state index contributed by atoms with van der Waals surface area (Å²) in [7, 11) is 0. The van der Waals surface area contributed by atoms with E-state index in [0.29, 0.717) is 16.1 Å². The molecule has 2 aromatic rings. The SMILES string of the molecule is Nc1nc2cc(I)c(F)cc2n1CCC1CCCCO1. The molecular weight excluding hydrogens is 372 g/mol. The van der Waals surface area contributed by atoms with Crippen molar-refractivity contribution in [1.29, 1.82) is 0 Å². The molecule has 0 saturated carbocycles. The molecule has 1 aliphatic rings. The van der Waals surface area contributed by atoms with Gasteiger partial charge in [0.05, 0.1) is 20.7 Å². The molecule has 1 aliphatic heterocycles. The van der Waals surface area contributed by atoms with E-state index in [-0.39, 0.29) is 11.9 Å². The Morgan fingerprint density at radius 2 is 2.30 bits per heavy atom. The molecule has 3 rings (SSSR count). The summed E-state index contributed by atoms with van der Waals surface area (Å²) >= 11 is 1.96. The standard InChI is InChI=1S/C14H17FIN3O/c15-10-7-13-12(8-11(10)16)18-14(17)19(13)5-4-9-3-1-2-6-20-9/h7-9H,1-6H2,(H2,17,18). The fraction of sp³-hybridized carbons (Fsp3) is 0.500. The topological polar surface area (TPSA) is 53.1 Å². The van der Waals surface area contributed by atoms with Gasteiger partial charge in [-0.15, -0.1) is 0 Å². The Morgan fingerprint density at radius 1 is 1.45 bits per heavy atom. The molecule has 2 N–H and O–H groups in total. The molecule has 0 aliphatic carbocycles. The van der Waals surface area contributed by atoms with Crippen LogP contribution in [0.1, 0.15) is 25.7 Å². The number of benzene rings is 1. The highest BCUT2D eigenvalue weighted by Gasteiger charge is 2.16. The largest absolute Gasteiger partial charge is 0.378 e. The van der Waals surface area contributed by atoms with Crippen molar-refractivity contribution >= 4 is 39.6 Å². The van der Waals surface area contributed by atoms with Crippen LogP contribution < -0.4 is 5.73 Å². The average Bonchev–Trinajstić information content (AvgIpc) is 2.73. The second kappa shape index (κ2) is 5.85. The lowest BCUT2D eigenvalue weighted by molar-refractivity contribution is 0.00906. The number of halogens is 2. The Bertz CT molecular complexity index is 622. The van der Waals surface area contributed by atoms with Crippen molar-refractivity contribution in [1.82, 2.24) is 9.55 Å². The molecule has 6 heteroatoms. The first-order valence-corrected chi connectivity index (χ1v) is 7.95. The summed E-state index contributed by atoms with van der Waals surface area (Å²) in [6.45, 7) is 1.56. The maximum Gasteiger partial charge on any atom is 0.201 e. The van der Waals surface area contributed by atoms with E-state index >= 15 is 0 Å². The summed E-state index contributed by atoms with van der Waals surface area (Å²) in [4.78, 5) is 4.31. The molecule has 0 radical (unpaired) electrons. The van der Waals surface area contributed by atoms with Gasteiger partial charge in [0.15, 0.2) is 0 Å². The van der Waals surface area contributed by atoms with E-state index in [2.05, 4.69) is 4.98 Å². The third-order valence-electron chi connectivity index (χ3n) is 3.77. The van der Waals surface area contributed by atoms with E-state index in [1.807, 2.05) is 27.2 Å². The number of aryl methyl sites for hydroxylation is 1. The maximum atomic E-state index is 13.7. The summed E-state index contributed by atoms with van der Waals surface area (Å²) < 4.78 is 21.9. The number of anilines is 1. The molecule has 1 saturated heterocycles. The molecule has 1 unspecified atom stereocenters. The molecule has 0 bridgehead atoms. The van der Waals surface area contributed by atoms with Gasteiger partial charge in [-0.2, -0.15) is 0 Å².